The number of nitrogens with zero attached hydrogens (tertiary/aromatic N) is 1. The number of carbonyl (C=O) groups excluding carboxylic acids is 1. The highest BCUT2D eigenvalue weighted by atomic mass is 16.2. The van der Waals surface area contributed by atoms with E-state index in [4.69, 9.17) is 0 Å². The third-order valence-electron chi connectivity index (χ3n) is 5.20. The molecule has 0 spiro atoms. The van der Waals surface area contributed by atoms with E-state index in [-0.39, 0.29) is 0 Å². The van der Waals surface area contributed by atoms with E-state index in [1.165, 1.54) is 11.1 Å². The van der Waals surface area contributed by atoms with Gasteiger partial charge in [0.05, 0.1) is 0 Å². The van der Waals surface area contributed by atoms with Gasteiger partial charge >= 0.3 is 0 Å². The van der Waals surface area contributed by atoms with Gasteiger partial charge in [0.1, 0.15) is 0 Å². The lowest BCUT2D eigenvalue weighted by Gasteiger charge is -2.41. The second-order valence-corrected chi connectivity index (χ2v) is 7.28. The first-order valence-corrected chi connectivity index (χ1v) is 8.82. The Hall–Kier alpha value is -1.31. The van der Waals surface area contributed by atoms with Crippen molar-refractivity contribution in [3.8, 4) is 0 Å². The molecule has 0 aliphatic carbocycles. The molecule has 1 aromatic carbocycles. The van der Waals surface area contributed by atoms with E-state index in [0.717, 1.165) is 19.5 Å². The summed E-state index contributed by atoms with van der Waals surface area (Å²) in [7, 11) is 0. The number of rotatable bonds is 4. The predicted molar refractivity (Wildman–Crippen MR) is 93.1 cm³/mol. The zero-order valence-electron chi connectivity index (χ0n) is 14.8. The Labute approximate surface area is 135 Å². The van der Waals surface area contributed by atoms with Crippen LogP contribution in [0, 0.1) is 11.8 Å². The molecule has 1 aliphatic heterocycles. The van der Waals surface area contributed by atoms with Crippen LogP contribution in [-0.2, 0) is 4.79 Å². The lowest BCUT2D eigenvalue weighted by Crippen LogP contribution is -2.44. The fourth-order valence-corrected chi connectivity index (χ4v) is 3.92. The molecule has 0 radical (unpaired) electrons. The molecule has 122 valence electrons. The Balaban J connectivity index is 2.36. The molecule has 2 unspecified atom stereocenters. The normalized spacial score (nSPS) is 22.4. The van der Waals surface area contributed by atoms with Crippen LogP contribution < -0.4 is 0 Å². The fourth-order valence-electron chi connectivity index (χ4n) is 3.92. The Morgan fingerprint density at radius 2 is 1.91 bits per heavy atom. The van der Waals surface area contributed by atoms with Gasteiger partial charge in [0.25, 0.3) is 0 Å². The first-order chi connectivity index (χ1) is 10.5. The molecule has 2 atom stereocenters. The van der Waals surface area contributed by atoms with Gasteiger partial charge in [-0.25, -0.2) is 0 Å². The van der Waals surface area contributed by atoms with E-state index in [2.05, 4.69) is 56.9 Å². The average Bonchev–Trinajstić information content (AvgIpc) is 2.53. The molecule has 2 rings (SSSR count). The van der Waals surface area contributed by atoms with Crippen LogP contribution in [0.25, 0.3) is 0 Å². The zero-order chi connectivity index (χ0) is 16.3. The van der Waals surface area contributed by atoms with Crippen molar-refractivity contribution in [2.24, 2.45) is 11.8 Å². The van der Waals surface area contributed by atoms with E-state index in [0.29, 0.717) is 36.0 Å². The largest absolute Gasteiger partial charge is 0.342 e. The van der Waals surface area contributed by atoms with E-state index < -0.39 is 0 Å². The Morgan fingerprint density at radius 1 is 1.23 bits per heavy atom. The summed E-state index contributed by atoms with van der Waals surface area (Å²) in [5.74, 6) is 2.63. The molecule has 1 amide bonds. The number of benzene rings is 1. The van der Waals surface area contributed by atoms with Crippen LogP contribution in [0.15, 0.2) is 24.3 Å². The molecule has 1 aromatic rings. The van der Waals surface area contributed by atoms with Crippen molar-refractivity contribution in [3.63, 3.8) is 0 Å². The minimum Gasteiger partial charge on any atom is -0.342 e. The number of piperidine rings is 1. The standard InChI is InChI=1S/C20H31NO/c1-6-20(22)21-12-11-17(15(4)5)19(13-21)18-10-8-7-9-16(18)14(2)3/h7-10,14-15,17,19H,6,11-13H2,1-5H3. The van der Waals surface area contributed by atoms with Crippen molar-refractivity contribution in [1.82, 2.24) is 4.90 Å². The molecule has 0 bridgehead atoms. The molecule has 22 heavy (non-hydrogen) atoms. The topological polar surface area (TPSA) is 20.3 Å². The van der Waals surface area contributed by atoms with Crippen molar-refractivity contribution in [1.29, 1.82) is 0 Å². The summed E-state index contributed by atoms with van der Waals surface area (Å²) in [6.07, 6.45) is 1.74. The van der Waals surface area contributed by atoms with Gasteiger partial charge in [-0.2, -0.15) is 0 Å². The van der Waals surface area contributed by atoms with Gasteiger partial charge in [0, 0.05) is 25.4 Å². The summed E-state index contributed by atoms with van der Waals surface area (Å²) >= 11 is 0. The SMILES string of the molecule is CCC(=O)N1CCC(C(C)C)C(c2ccccc2C(C)C)C1. The van der Waals surface area contributed by atoms with Crippen LogP contribution in [0.5, 0.6) is 0 Å². The quantitative estimate of drug-likeness (QED) is 0.781. The van der Waals surface area contributed by atoms with E-state index in [1.807, 2.05) is 6.92 Å². The Kier molecular flexibility index (Phi) is 5.66. The van der Waals surface area contributed by atoms with Gasteiger partial charge in [0.15, 0.2) is 0 Å². The third-order valence-corrected chi connectivity index (χ3v) is 5.20. The van der Waals surface area contributed by atoms with Crippen LogP contribution in [0.3, 0.4) is 0 Å². The maximum atomic E-state index is 12.2. The summed E-state index contributed by atoms with van der Waals surface area (Å²) in [5.41, 5.74) is 2.91. The molecule has 1 aliphatic rings. The molecule has 1 heterocycles. The summed E-state index contributed by atoms with van der Waals surface area (Å²) in [6, 6.07) is 8.84. The first kappa shape index (κ1) is 17.1. The molecule has 2 nitrogen and oxygen atoms in total. The second kappa shape index (κ2) is 7.30. The highest BCUT2D eigenvalue weighted by Crippen LogP contribution is 2.40. The van der Waals surface area contributed by atoms with Crippen LogP contribution in [0.2, 0.25) is 0 Å². The average molecular weight is 301 g/mol. The number of hydrogen-bond donors (Lipinski definition) is 0. The fraction of sp³-hybridized carbons (Fsp3) is 0.650. The van der Waals surface area contributed by atoms with Gasteiger partial charge in [0.2, 0.25) is 5.91 Å². The number of amides is 1. The molecule has 0 saturated carbocycles. The van der Waals surface area contributed by atoms with Gasteiger partial charge in [-0.3, -0.25) is 4.79 Å². The van der Waals surface area contributed by atoms with Gasteiger partial charge in [-0.1, -0.05) is 58.9 Å². The summed E-state index contributed by atoms with van der Waals surface area (Å²) in [6.45, 7) is 13.0. The van der Waals surface area contributed by atoms with Crippen LogP contribution in [-0.4, -0.2) is 23.9 Å². The van der Waals surface area contributed by atoms with Crippen LogP contribution in [0.1, 0.15) is 70.4 Å². The summed E-state index contributed by atoms with van der Waals surface area (Å²) < 4.78 is 0. The maximum Gasteiger partial charge on any atom is 0.222 e. The van der Waals surface area contributed by atoms with Crippen LogP contribution >= 0.6 is 0 Å². The van der Waals surface area contributed by atoms with Gasteiger partial charge < -0.3 is 4.90 Å². The summed E-state index contributed by atoms with van der Waals surface area (Å²) in [4.78, 5) is 14.2. The first-order valence-electron chi connectivity index (χ1n) is 8.82. The summed E-state index contributed by atoms with van der Waals surface area (Å²) in [5, 5.41) is 0. The molecule has 1 fully saturated rings. The second-order valence-electron chi connectivity index (χ2n) is 7.28. The number of carbonyl (C=O) groups is 1. The predicted octanol–water partition coefficient (Wildman–Crippen LogP) is 4.81. The van der Waals surface area contributed by atoms with E-state index in [9.17, 15) is 4.79 Å². The highest BCUT2D eigenvalue weighted by Gasteiger charge is 2.34. The third kappa shape index (κ3) is 3.53. The van der Waals surface area contributed by atoms with E-state index >= 15 is 0 Å². The zero-order valence-corrected chi connectivity index (χ0v) is 14.8. The van der Waals surface area contributed by atoms with Crippen molar-refractivity contribution < 1.29 is 4.79 Å². The molecule has 2 heteroatoms. The molecular weight excluding hydrogens is 270 g/mol. The minimum absolute atomic E-state index is 0.300. The molecule has 1 saturated heterocycles. The Morgan fingerprint density at radius 3 is 2.50 bits per heavy atom. The van der Waals surface area contributed by atoms with Crippen molar-refractivity contribution in [2.75, 3.05) is 13.1 Å². The van der Waals surface area contributed by atoms with Crippen LogP contribution in [0.4, 0.5) is 0 Å². The Bertz CT molecular complexity index is 506. The highest BCUT2D eigenvalue weighted by molar-refractivity contribution is 5.76. The lowest BCUT2D eigenvalue weighted by atomic mass is 9.72. The van der Waals surface area contributed by atoms with E-state index in [1.54, 1.807) is 0 Å². The molecular formula is C20H31NO. The monoisotopic (exact) mass is 301 g/mol. The minimum atomic E-state index is 0.300. The van der Waals surface area contributed by atoms with Crippen molar-refractivity contribution >= 4 is 5.91 Å². The molecule has 0 N–H and O–H groups in total. The van der Waals surface area contributed by atoms with Crippen molar-refractivity contribution in [3.05, 3.63) is 35.4 Å². The van der Waals surface area contributed by atoms with Gasteiger partial charge in [-0.05, 0) is 35.3 Å². The van der Waals surface area contributed by atoms with Crippen molar-refractivity contribution in [2.45, 2.75) is 59.3 Å². The number of hydrogen-bond acceptors (Lipinski definition) is 1. The maximum absolute atomic E-state index is 12.2. The number of likely N-dealkylation sites (tertiary alicyclic amines) is 1. The smallest absolute Gasteiger partial charge is 0.222 e. The lowest BCUT2D eigenvalue weighted by molar-refractivity contribution is -0.132. The molecule has 0 aromatic heterocycles. The van der Waals surface area contributed by atoms with Gasteiger partial charge in [-0.15, -0.1) is 0 Å².